The van der Waals surface area contributed by atoms with Crippen LogP contribution < -0.4 is 16.4 Å². The molecule has 11 heteroatoms. The topological polar surface area (TPSA) is 157 Å². The quantitative estimate of drug-likeness (QED) is 0.166. The average molecular weight is 605 g/mol. The molecule has 0 spiro atoms. The number of nitrogens with one attached hydrogen (secondary N) is 2. The lowest BCUT2D eigenvalue weighted by molar-refractivity contribution is -0.144. The number of unbranched alkanes of at least 4 members (excludes halogenated alkanes) is 4. The second kappa shape index (κ2) is 18.8. The van der Waals surface area contributed by atoms with E-state index in [1.807, 2.05) is 26.0 Å². The molecule has 4 amide bonds. The number of nitrogens with zero attached hydrogens (tertiary/aromatic N) is 1. The van der Waals surface area contributed by atoms with E-state index < -0.39 is 47.5 Å². The molecule has 43 heavy (non-hydrogen) atoms. The second-order valence-electron chi connectivity index (χ2n) is 11.7. The van der Waals surface area contributed by atoms with Gasteiger partial charge in [-0.3, -0.25) is 19.2 Å². The molecule has 0 saturated carbocycles. The molecule has 2 unspecified atom stereocenters. The zero-order valence-corrected chi connectivity index (χ0v) is 27.0. The van der Waals surface area contributed by atoms with Crippen LogP contribution in [0.15, 0.2) is 18.2 Å². The number of esters is 1. The normalized spacial score (nSPS) is 12.5. The fraction of sp³-hybridized carbons (Fsp3) is 0.656. The molecule has 0 aliphatic rings. The number of alkyl carbamates (subject to hydrolysis) is 1. The van der Waals surface area contributed by atoms with Crippen LogP contribution >= 0.6 is 0 Å². The molecule has 0 radical (unpaired) electrons. The van der Waals surface area contributed by atoms with Crippen LogP contribution in [0, 0.1) is 13.8 Å². The highest BCUT2D eigenvalue weighted by Gasteiger charge is 2.37. The average Bonchev–Trinajstić information content (AvgIpc) is 2.91. The van der Waals surface area contributed by atoms with Crippen molar-refractivity contribution in [2.75, 3.05) is 19.7 Å². The van der Waals surface area contributed by atoms with Gasteiger partial charge >= 0.3 is 12.1 Å². The smallest absolute Gasteiger partial charge is 0.408 e. The van der Waals surface area contributed by atoms with Crippen molar-refractivity contribution in [3.8, 4) is 0 Å². The first-order valence-electron chi connectivity index (χ1n) is 15.3. The third-order valence-electron chi connectivity index (χ3n) is 6.89. The van der Waals surface area contributed by atoms with Gasteiger partial charge in [0.25, 0.3) is 0 Å². The maximum absolute atomic E-state index is 14.3. The van der Waals surface area contributed by atoms with Gasteiger partial charge in [0.15, 0.2) is 0 Å². The van der Waals surface area contributed by atoms with E-state index in [9.17, 15) is 24.0 Å². The number of carbonyl (C=O) groups is 5. The van der Waals surface area contributed by atoms with Crippen LogP contribution in [0.4, 0.5) is 4.79 Å². The predicted molar refractivity (Wildman–Crippen MR) is 165 cm³/mol. The molecule has 0 heterocycles. The van der Waals surface area contributed by atoms with Gasteiger partial charge in [0.2, 0.25) is 17.7 Å². The third kappa shape index (κ3) is 13.9. The summed E-state index contributed by atoms with van der Waals surface area (Å²) in [5.41, 5.74) is 6.99. The molecule has 1 aromatic rings. The lowest BCUT2D eigenvalue weighted by Gasteiger charge is -2.35. The Morgan fingerprint density at radius 2 is 1.65 bits per heavy atom. The van der Waals surface area contributed by atoms with E-state index in [0.717, 1.165) is 36.8 Å². The zero-order chi connectivity index (χ0) is 32.6. The molecule has 11 nitrogen and oxygen atoms in total. The SMILES string of the molecule is CCCCCCCN(C(=O)C(CCC(N)=O)NC(=O)OC(C)(C)C)C(C(=O)NCCC(=O)OCC)c1cccc(C)c1C. The van der Waals surface area contributed by atoms with Gasteiger partial charge in [-0.2, -0.15) is 0 Å². The van der Waals surface area contributed by atoms with Crippen molar-refractivity contribution in [2.45, 2.75) is 118 Å². The van der Waals surface area contributed by atoms with Gasteiger partial charge in [0, 0.05) is 19.5 Å². The van der Waals surface area contributed by atoms with Crippen LogP contribution in [0.2, 0.25) is 0 Å². The number of rotatable bonds is 18. The molecule has 242 valence electrons. The van der Waals surface area contributed by atoms with Gasteiger partial charge in [-0.15, -0.1) is 0 Å². The maximum atomic E-state index is 14.3. The van der Waals surface area contributed by atoms with Crippen LogP contribution in [0.1, 0.15) is 109 Å². The molecular formula is C32H52N4O7. The highest BCUT2D eigenvalue weighted by molar-refractivity contribution is 5.93. The summed E-state index contributed by atoms with van der Waals surface area (Å²) in [4.78, 5) is 66.0. The number of ether oxygens (including phenoxy) is 2. The summed E-state index contributed by atoms with van der Waals surface area (Å²) in [7, 11) is 0. The van der Waals surface area contributed by atoms with Gasteiger partial charge in [0.05, 0.1) is 13.0 Å². The van der Waals surface area contributed by atoms with Crippen molar-refractivity contribution in [3.63, 3.8) is 0 Å². The first-order valence-corrected chi connectivity index (χ1v) is 15.3. The summed E-state index contributed by atoms with van der Waals surface area (Å²) in [6, 6.07) is 3.32. The summed E-state index contributed by atoms with van der Waals surface area (Å²) >= 11 is 0. The Bertz CT molecular complexity index is 1080. The van der Waals surface area contributed by atoms with Crippen molar-refractivity contribution in [3.05, 3.63) is 34.9 Å². The van der Waals surface area contributed by atoms with Crippen LogP contribution in [0.5, 0.6) is 0 Å². The van der Waals surface area contributed by atoms with Gasteiger partial charge in [0.1, 0.15) is 17.7 Å². The molecule has 0 saturated heterocycles. The molecule has 0 aliphatic carbocycles. The highest BCUT2D eigenvalue weighted by Crippen LogP contribution is 2.28. The number of hydrogen-bond acceptors (Lipinski definition) is 7. The van der Waals surface area contributed by atoms with Gasteiger partial charge in [-0.25, -0.2) is 4.79 Å². The van der Waals surface area contributed by atoms with Gasteiger partial charge in [-0.1, -0.05) is 50.8 Å². The van der Waals surface area contributed by atoms with Crippen molar-refractivity contribution in [1.29, 1.82) is 0 Å². The number of hydrogen-bond donors (Lipinski definition) is 3. The Balaban J connectivity index is 3.55. The van der Waals surface area contributed by atoms with Crippen LogP contribution in [-0.4, -0.2) is 66.0 Å². The lowest BCUT2D eigenvalue weighted by atomic mass is 9.94. The van der Waals surface area contributed by atoms with E-state index in [-0.39, 0.29) is 39.0 Å². The van der Waals surface area contributed by atoms with Crippen molar-refractivity contribution in [2.24, 2.45) is 5.73 Å². The number of primary amides is 1. The first kappa shape index (κ1) is 37.4. The van der Waals surface area contributed by atoms with E-state index in [4.69, 9.17) is 15.2 Å². The van der Waals surface area contributed by atoms with Gasteiger partial charge < -0.3 is 30.7 Å². The van der Waals surface area contributed by atoms with E-state index in [0.29, 0.717) is 12.0 Å². The standard InChI is InChI=1S/C32H52N4O7/c1-8-10-11-12-13-21-36(30(40)25(17-18-26(33)37)35-31(41)43-32(5,6)7)28(24-16-14-15-22(3)23(24)4)29(39)34-20-19-27(38)42-9-2/h14-16,25,28H,8-13,17-21H2,1-7H3,(H2,33,37)(H,34,39)(H,35,41). The van der Waals surface area contributed by atoms with E-state index in [1.54, 1.807) is 33.8 Å². The fourth-order valence-corrected chi connectivity index (χ4v) is 4.58. The first-order chi connectivity index (χ1) is 20.2. The fourth-order valence-electron chi connectivity index (χ4n) is 4.58. The van der Waals surface area contributed by atoms with Crippen LogP contribution in [0.3, 0.4) is 0 Å². The predicted octanol–water partition coefficient (Wildman–Crippen LogP) is 4.37. The number of carbonyl (C=O) groups excluding carboxylic acids is 5. The highest BCUT2D eigenvalue weighted by atomic mass is 16.6. The minimum atomic E-state index is -1.17. The lowest BCUT2D eigenvalue weighted by Crippen LogP contribution is -2.53. The minimum Gasteiger partial charge on any atom is -0.466 e. The van der Waals surface area contributed by atoms with Crippen LogP contribution in [0.25, 0.3) is 0 Å². The van der Waals surface area contributed by atoms with Crippen molar-refractivity contribution < 1.29 is 33.4 Å². The summed E-state index contributed by atoms with van der Waals surface area (Å²) in [5.74, 6) is -2.07. The number of benzene rings is 1. The van der Waals surface area contributed by atoms with E-state index in [1.165, 1.54) is 4.90 Å². The molecule has 0 aromatic heterocycles. The molecule has 0 aliphatic heterocycles. The molecule has 0 bridgehead atoms. The Morgan fingerprint density at radius 1 is 0.977 bits per heavy atom. The zero-order valence-electron chi connectivity index (χ0n) is 27.0. The van der Waals surface area contributed by atoms with Crippen LogP contribution in [-0.2, 0) is 28.7 Å². The number of nitrogens with two attached hydrogens (primary N) is 1. The van der Waals surface area contributed by atoms with Crippen molar-refractivity contribution >= 4 is 29.8 Å². The summed E-state index contributed by atoms with van der Waals surface area (Å²) in [6.07, 6.45) is 3.46. The number of amides is 4. The molecule has 1 rings (SSSR count). The molecule has 0 fully saturated rings. The Labute approximate surface area is 256 Å². The van der Waals surface area contributed by atoms with E-state index in [2.05, 4.69) is 17.6 Å². The third-order valence-corrected chi connectivity index (χ3v) is 6.89. The summed E-state index contributed by atoms with van der Waals surface area (Å²) in [5, 5.41) is 5.41. The van der Waals surface area contributed by atoms with E-state index >= 15 is 0 Å². The molecule has 4 N–H and O–H groups in total. The van der Waals surface area contributed by atoms with Gasteiger partial charge in [-0.05, 0) is 71.1 Å². The molecule has 2 atom stereocenters. The maximum Gasteiger partial charge on any atom is 0.408 e. The Morgan fingerprint density at radius 3 is 2.26 bits per heavy atom. The Hall–Kier alpha value is -3.63. The minimum absolute atomic E-state index is 0.0223. The van der Waals surface area contributed by atoms with Crippen molar-refractivity contribution in [1.82, 2.24) is 15.5 Å². The largest absolute Gasteiger partial charge is 0.466 e. The second-order valence-corrected chi connectivity index (χ2v) is 11.7. The number of aryl methyl sites for hydroxylation is 1. The molecule has 1 aromatic carbocycles. The molecular weight excluding hydrogens is 552 g/mol. The summed E-state index contributed by atoms with van der Waals surface area (Å²) in [6.45, 7) is 13.2. The summed E-state index contributed by atoms with van der Waals surface area (Å²) < 4.78 is 10.4. The Kier molecular flexibility index (Phi) is 16.4. The monoisotopic (exact) mass is 604 g/mol.